The summed E-state index contributed by atoms with van der Waals surface area (Å²) in [4.78, 5) is 20.7. The van der Waals surface area contributed by atoms with E-state index in [0.717, 1.165) is 30.7 Å². The van der Waals surface area contributed by atoms with Gasteiger partial charge in [-0.2, -0.15) is 0 Å². The molecule has 0 unspecified atom stereocenters. The highest BCUT2D eigenvalue weighted by Crippen LogP contribution is 2.17. The van der Waals surface area contributed by atoms with Crippen molar-refractivity contribution in [3.63, 3.8) is 0 Å². The Balaban J connectivity index is 1.45. The summed E-state index contributed by atoms with van der Waals surface area (Å²) in [5.41, 5.74) is 2.72. The highest BCUT2D eigenvalue weighted by Gasteiger charge is 2.09. The van der Waals surface area contributed by atoms with E-state index >= 15 is 0 Å². The van der Waals surface area contributed by atoms with Gasteiger partial charge in [0.05, 0.1) is 7.11 Å². The van der Waals surface area contributed by atoms with E-state index in [1.165, 1.54) is 11.9 Å². The molecule has 6 heteroatoms. The zero-order valence-electron chi connectivity index (χ0n) is 16.6. The number of nitrogens with one attached hydrogen (secondary N) is 2. The Morgan fingerprint density at radius 1 is 0.966 bits per heavy atom. The summed E-state index contributed by atoms with van der Waals surface area (Å²) < 4.78 is 5.34. The van der Waals surface area contributed by atoms with E-state index in [1.54, 1.807) is 13.2 Å². The molecule has 0 aliphatic rings. The molecule has 2 aromatic carbocycles. The minimum absolute atomic E-state index is 0.213. The summed E-state index contributed by atoms with van der Waals surface area (Å²) in [5.74, 6) is 1.27. The molecule has 0 spiro atoms. The van der Waals surface area contributed by atoms with Gasteiger partial charge in [0.1, 0.15) is 23.6 Å². The van der Waals surface area contributed by atoms with E-state index < -0.39 is 0 Å². The van der Waals surface area contributed by atoms with Gasteiger partial charge in [0.2, 0.25) is 0 Å². The second kappa shape index (κ2) is 10.8. The normalized spacial score (nSPS) is 10.4. The molecule has 0 atom stereocenters. The highest BCUT2D eigenvalue weighted by atomic mass is 16.5. The Morgan fingerprint density at radius 2 is 1.76 bits per heavy atom. The van der Waals surface area contributed by atoms with Crippen LogP contribution >= 0.6 is 0 Å². The van der Waals surface area contributed by atoms with E-state index in [4.69, 9.17) is 4.74 Å². The fourth-order valence-corrected chi connectivity index (χ4v) is 3.04. The van der Waals surface area contributed by atoms with Crippen LogP contribution in [-0.2, 0) is 12.8 Å². The van der Waals surface area contributed by atoms with Gasteiger partial charge < -0.3 is 15.4 Å². The van der Waals surface area contributed by atoms with Crippen molar-refractivity contribution in [1.82, 2.24) is 15.3 Å². The lowest BCUT2D eigenvalue weighted by Gasteiger charge is -2.10. The first-order valence-electron chi connectivity index (χ1n) is 9.76. The van der Waals surface area contributed by atoms with Crippen LogP contribution in [0, 0.1) is 0 Å². The molecule has 0 radical (unpaired) electrons. The number of para-hydroxylation sites is 1. The summed E-state index contributed by atoms with van der Waals surface area (Å²) in [5, 5.41) is 6.16. The first-order valence-corrected chi connectivity index (χ1v) is 9.76. The minimum Gasteiger partial charge on any atom is -0.496 e. The largest absolute Gasteiger partial charge is 0.496 e. The maximum absolute atomic E-state index is 12.4. The summed E-state index contributed by atoms with van der Waals surface area (Å²) >= 11 is 0. The van der Waals surface area contributed by atoms with Crippen molar-refractivity contribution in [3.05, 3.63) is 83.8 Å². The van der Waals surface area contributed by atoms with E-state index in [0.29, 0.717) is 24.5 Å². The third kappa shape index (κ3) is 6.31. The Hall–Kier alpha value is -3.41. The maximum atomic E-state index is 12.4. The van der Waals surface area contributed by atoms with Gasteiger partial charge in [0.15, 0.2) is 0 Å². The SMILES string of the molecule is COc1ccccc1CCNC(=O)c1cc(NCCCc2ccccc2)ncn1. The van der Waals surface area contributed by atoms with Crippen molar-refractivity contribution in [2.24, 2.45) is 0 Å². The maximum Gasteiger partial charge on any atom is 0.270 e. The molecule has 29 heavy (non-hydrogen) atoms. The van der Waals surface area contributed by atoms with Gasteiger partial charge in [0, 0.05) is 19.2 Å². The summed E-state index contributed by atoms with van der Waals surface area (Å²) in [7, 11) is 1.65. The minimum atomic E-state index is -0.213. The molecule has 1 amide bonds. The van der Waals surface area contributed by atoms with Crippen LogP contribution < -0.4 is 15.4 Å². The Morgan fingerprint density at radius 3 is 2.59 bits per heavy atom. The fraction of sp³-hybridized carbons (Fsp3) is 0.261. The van der Waals surface area contributed by atoms with Gasteiger partial charge in [0.25, 0.3) is 5.91 Å². The molecule has 1 aromatic heterocycles. The zero-order valence-corrected chi connectivity index (χ0v) is 16.6. The van der Waals surface area contributed by atoms with Crippen molar-refractivity contribution in [1.29, 1.82) is 0 Å². The van der Waals surface area contributed by atoms with Crippen molar-refractivity contribution < 1.29 is 9.53 Å². The number of amides is 1. The average Bonchev–Trinajstić information content (AvgIpc) is 2.78. The Bertz CT molecular complexity index is 916. The number of ether oxygens (including phenoxy) is 1. The Kier molecular flexibility index (Phi) is 7.57. The topological polar surface area (TPSA) is 76.1 Å². The predicted octanol–water partition coefficient (Wildman–Crippen LogP) is 3.50. The number of methoxy groups -OCH3 is 1. The summed E-state index contributed by atoms with van der Waals surface area (Å²) in [6.45, 7) is 1.28. The molecule has 0 aliphatic heterocycles. The second-order valence-corrected chi connectivity index (χ2v) is 6.62. The van der Waals surface area contributed by atoms with E-state index in [1.807, 2.05) is 42.5 Å². The van der Waals surface area contributed by atoms with Gasteiger partial charge in [-0.05, 0) is 36.5 Å². The van der Waals surface area contributed by atoms with E-state index in [2.05, 4.69) is 32.7 Å². The summed E-state index contributed by atoms with van der Waals surface area (Å²) in [6, 6.07) is 19.8. The number of carbonyl (C=O) groups is 1. The van der Waals surface area contributed by atoms with Crippen molar-refractivity contribution in [2.75, 3.05) is 25.5 Å². The third-order valence-corrected chi connectivity index (χ3v) is 4.56. The van der Waals surface area contributed by atoms with Crippen LogP contribution in [0.1, 0.15) is 28.0 Å². The number of hydrogen-bond donors (Lipinski definition) is 2. The van der Waals surface area contributed by atoms with Crippen molar-refractivity contribution in [3.8, 4) is 5.75 Å². The molecule has 0 saturated carbocycles. The molecule has 150 valence electrons. The first-order chi connectivity index (χ1) is 14.3. The van der Waals surface area contributed by atoms with Crippen LogP contribution in [-0.4, -0.2) is 36.1 Å². The van der Waals surface area contributed by atoms with Crippen molar-refractivity contribution >= 4 is 11.7 Å². The smallest absolute Gasteiger partial charge is 0.270 e. The number of hydrogen-bond acceptors (Lipinski definition) is 5. The number of benzene rings is 2. The Labute approximate surface area is 171 Å². The highest BCUT2D eigenvalue weighted by molar-refractivity contribution is 5.92. The average molecular weight is 390 g/mol. The molecule has 1 heterocycles. The van der Waals surface area contributed by atoms with Gasteiger partial charge in [-0.25, -0.2) is 9.97 Å². The monoisotopic (exact) mass is 390 g/mol. The van der Waals surface area contributed by atoms with Gasteiger partial charge in [-0.1, -0.05) is 48.5 Å². The molecule has 3 aromatic rings. The molecular formula is C23H26N4O2. The standard InChI is InChI=1S/C23H26N4O2/c1-29-21-12-6-5-11-19(21)13-15-25-23(28)20-16-22(27-17-26-20)24-14-7-10-18-8-3-2-4-9-18/h2-6,8-9,11-12,16-17H,7,10,13-15H2,1H3,(H,25,28)(H,24,26,27). The predicted molar refractivity (Wildman–Crippen MR) is 114 cm³/mol. The molecule has 3 rings (SSSR count). The van der Waals surface area contributed by atoms with Gasteiger partial charge in [-0.15, -0.1) is 0 Å². The lowest BCUT2D eigenvalue weighted by atomic mass is 10.1. The number of aryl methyl sites for hydroxylation is 1. The number of nitrogens with zero attached hydrogens (tertiary/aromatic N) is 2. The fourth-order valence-electron chi connectivity index (χ4n) is 3.04. The number of rotatable bonds is 10. The molecule has 2 N–H and O–H groups in total. The van der Waals surface area contributed by atoms with E-state index in [-0.39, 0.29) is 5.91 Å². The lowest BCUT2D eigenvalue weighted by Crippen LogP contribution is -2.26. The van der Waals surface area contributed by atoms with Crippen LogP contribution in [0.2, 0.25) is 0 Å². The molecule has 0 aliphatic carbocycles. The number of anilines is 1. The van der Waals surface area contributed by atoms with Gasteiger partial charge in [-0.3, -0.25) is 4.79 Å². The molecule has 6 nitrogen and oxygen atoms in total. The molecule has 0 saturated heterocycles. The van der Waals surface area contributed by atoms with Crippen molar-refractivity contribution in [2.45, 2.75) is 19.3 Å². The molecule has 0 bridgehead atoms. The summed E-state index contributed by atoms with van der Waals surface area (Å²) in [6.07, 6.45) is 4.07. The van der Waals surface area contributed by atoms with Crippen LogP contribution in [0.3, 0.4) is 0 Å². The van der Waals surface area contributed by atoms with Gasteiger partial charge >= 0.3 is 0 Å². The van der Waals surface area contributed by atoms with Crippen LogP contribution in [0.4, 0.5) is 5.82 Å². The number of carbonyl (C=O) groups excluding carboxylic acids is 1. The number of aromatic nitrogens is 2. The first kappa shape index (κ1) is 20.3. The third-order valence-electron chi connectivity index (χ3n) is 4.56. The molecular weight excluding hydrogens is 364 g/mol. The molecule has 0 fully saturated rings. The van der Waals surface area contributed by atoms with E-state index in [9.17, 15) is 4.79 Å². The van der Waals surface area contributed by atoms with Crippen LogP contribution in [0.5, 0.6) is 5.75 Å². The quantitative estimate of drug-likeness (QED) is 0.518. The zero-order chi connectivity index (χ0) is 20.3. The van der Waals surface area contributed by atoms with Crippen LogP contribution in [0.25, 0.3) is 0 Å². The van der Waals surface area contributed by atoms with Crippen LogP contribution in [0.15, 0.2) is 67.0 Å². The lowest BCUT2D eigenvalue weighted by molar-refractivity contribution is 0.0949. The second-order valence-electron chi connectivity index (χ2n) is 6.62.